The zero-order chi connectivity index (χ0) is 20.8. The molecule has 0 aliphatic carbocycles. The monoisotopic (exact) mass is 401 g/mol. The highest BCUT2D eigenvalue weighted by molar-refractivity contribution is 5.70. The van der Waals surface area contributed by atoms with Crippen molar-refractivity contribution in [1.29, 1.82) is 0 Å². The summed E-state index contributed by atoms with van der Waals surface area (Å²) in [6.07, 6.45) is 1.16. The van der Waals surface area contributed by atoms with Crippen molar-refractivity contribution in [3.8, 4) is 11.5 Å². The number of carbonyl (C=O) groups is 1. The molecule has 0 spiro atoms. The Morgan fingerprint density at radius 3 is 2.34 bits per heavy atom. The van der Waals surface area contributed by atoms with Crippen LogP contribution in [0.15, 0.2) is 42.5 Å². The SMILES string of the molecule is CCOc1ccc(C(c2cccc(F)c2)N2CCC(C(=O)O)CC2)cc1OCC. The first-order chi connectivity index (χ1) is 14.0. The van der Waals surface area contributed by atoms with Crippen LogP contribution in [0.5, 0.6) is 11.5 Å². The number of nitrogens with zero attached hydrogens (tertiary/aromatic N) is 1. The Kier molecular flexibility index (Phi) is 7.09. The molecule has 6 heteroatoms. The molecule has 1 unspecified atom stereocenters. The summed E-state index contributed by atoms with van der Waals surface area (Å²) in [6, 6.07) is 12.2. The van der Waals surface area contributed by atoms with Crippen LogP contribution in [0.2, 0.25) is 0 Å². The van der Waals surface area contributed by atoms with Gasteiger partial charge < -0.3 is 14.6 Å². The van der Waals surface area contributed by atoms with Crippen molar-refractivity contribution in [2.45, 2.75) is 32.7 Å². The van der Waals surface area contributed by atoms with Gasteiger partial charge in [0.2, 0.25) is 0 Å². The van der Waals surface area contributed by atoms with Crippen molar-refractivity contribution in [3.05, 3.63) is 59.4 Å². The molecule has 1 aliphatic rings. The number of halogens is 1. The Bertz CT molecular complexity index is 833. The molecular formula is C23H28FNO4. The first-order valence-corrected chi connectivity index (χ1v) is 10.1. The van der Waals surface area contributed by atoms with Crippen LogP contribution in [-0.2, 0) is 4.79 Å². The van der Waals surface area contributed by atoms with Crippen LogP contribution >= 0.6 is 0 Å². The number of rotatable bonds is 8. The van der Waals surface area contributed by atoms with E-state index in [0.29, 0.717) is 50.6 Å². The summed E-state index contributed by atoms with van der Waals surface area (Å²) in [5.41, 5.74) is 1.81. The third-order valence-corrected chi connectivity index (χ3v) is 5.29. The van der Waals surface area contributed by atoms with Gasteiger partial charge in [0.05, 0.1) is 25.2 Å². The number of carboxylic acid groups (broad SMARTS) is 1. The van der Waals surface area contributed by atoms with Crippen molar-refractivity contribution in [2.75, 3.05) is 26.3 Å². The normalized spacial score (nSPS) is 16.4. The fourth-order valence-electron chi connectivity index (χ4n) is 3.93. The van der Waals surface area contributed by atoms with Gasteiger partial charge in [-0.05, 0) is 75.2 Å². The summed E-state index contributed by atoms with van der Waals surface area (Å²) in [7, 11) is 0. The molecule has 5 nitrogen and oxygen atoms in total. The molecule has 1 atom stereocenters. The molecule has 1 fully saturated rings. The van der Waals surface area contributed by atoms with Crippen molar-refractivity contribution < 1.29 is 23.8 Å². The highest BCUT2D eigenvalue weighted by Crippen LogP contribution is 2.37. The topological polar surface area (TPSA) is 59.0 Å². The van der Waals surface area contributed by atoms with Crippen LogP contribution in [0.1, 0.15) is 43.9 Å². The Hall–Kier alpha value is -2.60. The first kappa shape index (κ1) is 21.1. The lowest BCUT2D eigenvalue weighted by atomic mass is 9.91. The molecule has 0 aromatic heterocycles. The average molecular weight is 401 g/mol. The van der Waals surface area contributed by atoms with Gasteiger partial charge in [0.25, 0.3) is 0 Å². The minimum Gasteiger partial charge on any atom is -0.490 e. The molecule has 0 amide bonds. The molecule has 2 aromatic rings. The van der Waals surface area contributed by atoms with Crippen LogP contribution in [0.4, 0.5) is 4.39 Å². The molecule has 1 N–H and O–H groups in total. The summed E-state index contributed by atoms with van der Waals surface area (Å²) in [4.78, 5) is 13.6. The van der Waals surface area contributed by atoms with E-state index in [0.717, 1.165) is 11.1 Å². The van der Waals surface area contributed by atoms with Gasteiger partial charge in [0.15, 0.2) is 11.5 Å². The average Bonchev–Trinajstić information content (AvgIpc) is 2.71. The maximum Gasteiger partial charge on any atom is 0.306 e. The van der Waals surface area contributed by atoms with E-state index in [-0.39, 0.29) is 17.8 Å². The Labute approximate surface area is 171 Å². The van der Waals surface area contributed by atoms with Crippen molar-refractivity contribution in [1.82, 2.24) is 4.90 Å². The van der Waals surface area contributed by atoms with Crippen LogP contribution < -0.4 is 9.47 Å². The lowest BCUT2D eigenvalue weighted by Gasteiger charge is -2.37. The van der Waals surface area contributed by atoms with E-state index in [2.05, 4.69) is 4.90 Å². The Morgan fingerprint density at radius 2 is 1.72 bits per heavy atom. The number of hydrogen-bond acceptors (Lipinski definition) is 4. The van der Waals surface area contributed by atoms with Crippen LogP contribution in [0.3, 0.4) is 0 Å². The van der Waals surface area contributed by atoms with E-state index in [9.17, 15) is 14.3 Å². The maximum atomic E-state index is 14.0. The van der Waals surface area contributed by atoms with Crippen molar-refractivity contribution >= 4 is 5.97 Å². The van der Waals surface area contributed by atoms with Gasteiger partial charge in [-0.2, -0.15) is 0 Å². The van der Waals surface area contributed by atoms with Crippen LogP contribution in [0.25, 0.3) is 0 Å². The molecule has 1 aliphatic heterocycles. The minimum atomic E-state index is -0.744. The van der Waals surface area contributed by atoms with Gasteiger partial charge in [-0.15, -0.1) is 0 Å². The molecule has 0 radical (unpaired) electrons. The first-order valence-electron chi connectivity index (χ1n) is 10.1. The number of ether oxygens (including phenoxy) is 2. The zero-order valence-corrected chi connectivity index (χ0v) is 16.9. The quantitative estimate of drug-likeness (QED) is 0.705. The minimum absolute atomic E-state index is 0.185. The molecular weight excluding hydrogens is 373 g/mol. The number of piperidine rings is 1. The molecule has 3 rings (SSSR count). The lowest BCUT2D eigenvalue weighted by molar-refractivity contribution is -0.143. The molecule has 1 saturated heterocycles. The second-order valence-corrected chi connectivity index (χ2v) is 7.18. The van der Waals surface area contributed by atoms with Crippen LogP contribution in [0, 0.1) is 11.7 Å². The smallest absolute Gasteiger partial charge is 0.306 e. The maximum absolute atomic E-state index is 14.0. The summed E-state index contributed by atoms with van der Waals surface area (Å²) < 4.78 is 25.5. The van der Waals surface area contributed by atoms with E-state index in [4.69, 9.17) is 9.47 Å². The number of aliphatic carboxylic acids is 1. The van der Waals surface area contributed by atoms with Gasteiger partial charge in [0, 0.05) is 0 Å². The second-order valence-electron chi connectivity index (χ2n) is 7.18. The van der Waals surface area contributed by atoms with E-state index in [1.54, 1.807) is 12.1 Å². The van der Waals surface area contributed by atoms with Gasteiger partial charge in [-0.3, -0.25) is 9.69 Å². The van der Waals surface area contributed by atoms with E-state index in [1.165, 1.54) is 6.07 Å². The van der Waals surface area contributed by atoms with Gasteiger partial charge >= 0.3 is 5.97 Å². The molecule has 1 heterocycles. The molecule has 0 saturated carbocycles. The molecule has 29 heavy (non-hydrogen) atoms. The predicted molar refractivity (Wildman–Crippen MR) is 109 cm³/mol. The zero-order valence-electron chi connectivity index (χ0n) is 16.9. The standard InChI is InChI=1S/C23H28FNO4/c1-3-28-20-9-8-18(15-21(20)29-4-2)22(17-6-5-7-19(24)14-17)25-12-10-16(11-13-25)23(26)27/h5-9,14-16,22H,3-4,10-13H2,1-2H3,(H,26,27). The fourth-order valence-corrected chi connectivity index (χ4v) is 3.93. The number of likely N-dealkylation sites (tertiary alicyclic amines) is 1. The summed E-state index contributed by atoms with van der Waals surface area (Å²) in [6.45, 7) is 6.16. The third-order valence-electron chi connectivity index (χ3n) is 5.29. The molecule has 2 aromatic carbocycles. The van der Waals surface area contributed by atoms with Crippen LogP contribution in [-0.4, -0.2) is 42.3 Å². The number of benzene rings is 2. The Morgan fingerprint density at radius 1 is 1.07 bits per heavy atom. The Balaban J connectivity index is 1.97. The van der Waals surface area contributed by atoms with Gasteiger partial charge in [-0.1, -0.05) is 18.2 Å². The van der Waals surface area contributed by atoms with Crippen molar-refractivity contribution in [3.63, 3.8) is 0 Å². The second kappa shape index (κ2) is 9.74. The number of carboxylic acids is 1. The summed E-state index contributed by atoms with van der Waals surface area (Å²) in [5, 5.41) is 9.31. The van der Waals surface area contributed by atoms with Gasteiger partial charge in [0.1, 0.15) is 5.82 Å². The summed E-state index contributed by atoms with van der Waals surface area (Å²) in [5.74, 6) is -0.0105. The van der Waals surface area contributed by atoms with Gasteiger partial charge in [-0.25, -0.2) is 4.39 Å². The fraction of sp³-hybridized carbons (Fsp3) is 0.435. The largest absolute Gasteiger partial charge is 0.490 e. The van der Waals surface area contributed by atoms with E-state index < -0.39 is 5.97 Å². The van der Waals surface area contributed by atoms with E-state index >= 15 is 0 Å². The number of hydrogen-bond donors (Lipinski definition) is 1. The lowest BCUT2D eigenvalue weighted by Crippen LogP contribution is -2.39. The molecule has 156 valence electrons. The summed E-state index contributed by atoms with van der Waals surface area (Å²) >= 11 is 0. The highest BCUT2D eigenvalue weighted by Gasteiger charge is 2.30. The van der Waals surface area contributed by atoms with Crippen molar-refractivity contribution in [2.24, 2.45) is 5.92 Å². The highest BCUT2D eigenvalue weighted by atomic mass is 19.1. The third kappa shape index (κ3) is 5.07. The molecule has 0 bridgehead atoms. The van der Waals surface area contributed by atoms with E-state index in [1.807, 2.05) is 38.1 Å². The predicted octanol–water partition coefficient (Wildman–Crippen LogP) is 4.51.